The maximum atomic E-state index is 12.1. The van der Waals surface area contributed by atoms with Crippen molar-refractivity contribution < 1.29 is 19.5 Å². The number of nitrogens with zero attached hydrogens (tertiary/aromatic N) is 3. The quantitative estimate of drug-likeness (QED) is 0.826. The second-order valence-corrected chi connectivity index (χ2v) is 7.31. The van der Waals surface area contributed by atoms with Gasteiger partial charge < -0.3 is 14.6 Å². The van der Waals surface area contributed by atoms with Gasteiger partial charge in [0.15, 0.2) is 5.78 Å². The molecule has 1 atom stereocenters. The average molecular weight is 347 g/mol. The van der Waals surface area contributed by atoms with Crippen molar-refractivity contribution >= 4 is 17.7 Å². The van der Waals surface area contributed by atoms with Crippen molar-refractivity contribution in [2.45, 2.75) is 38.3 Å². The van der Waals surface area contributed by atoms with Gasteiger partial charge in [-0.05, 0) is 25.8 Å². The fourth-order valence-corrected chi connectivity index (χ4v) is 4.27. The first-order chi connectivity index (χ1) is 11.7. The molecule has 2 fully saturated rings. The lowest BCUT2D eigenvalue weighted by Crippen LogP contribution is -2.56. The number of hydrogen-bond acceptors (Lipinski definition) is 4. The number of carboxylic acids is 1. The molecule has 2 aliphatic heterocycles. The van der Waals surface area contributed by atoms with Crippen molar-refractivity contribution in [3.8, 4) is 0 Å². The lowest BCUT2D eigenvalue weighted by molar-refractivity contribution is -0.146. The Morgan fingerprint density at radius 1 is 1.28 bits per heavy atom. The molecule has 1 unspecified atom stereocenters. The van der Waals surface area contributed by atoms with Crippen LogP contribution >= 0.6 is 0 Å². The van der Waals surface area contributed by atoms with Crippen molar-refractivity contribution in [2.24, 2.45) is 13.0 Å². The minimum absolute atomic E-state index is 0.0508. The Bertz CT molecular complexity index is 716. The van der Waals surface area contributed by atoms with E-state index in [4.69, 9.17) is 0 Å². The molecule has 1 spiro atoms. The highest BCUT2D eigenvalue weighted by atomic mass is 16.4. The van der Waals surface area contributed by atoms with Crippen LogP contribution in [0, 0.1) is 5.92 Å². The van der Waals surface area contributed by atoms with Crippen LogP contribution < -0.4 is 0 Å². The molecular weight excluding hydrogens is 322 g/mol. The van der Waals surface area contributed by atoms with E-state index >= 15 is 0 Å². The van der Waals surface area contributed by atoms with Crippen molar-refractivity contribution in [3.05, 3.63) is 23.5 Å². The smallest absolute Gasteiger partial charge is 0.309 e. The molecule has 2 aliphatic rings. The number of amides is 1. The van der Waals surface area contributed by atoms with Crippen LogP contribution in [0.2, 0.25) is 0 Å². The van der Waals surface area contributed by atoms with Crippen LogP contribution in [0.5, 0.6) is 0 Å². The Morgan fingerprint density at radius 2 is 1.92 bits per heavy atom. The summed E-state index contributed by atoms with van der Waals surface area (Å²) in [5.74, 6) is -1.52. The number of aromatic nitrogens is 1. The van der Waals surface area contributed by atoms with Crippen LogP contribution in [0.3, 0.4) is 0 Å². The summed E-state index contributed by atoms with van der Waals surface area (Å²) in [6, 6.07) is 1.91. The Balaban J connectivity index is 1.70. The molecule has 3 heterocycles. The van der Waals surface area contributed by atoms with E-state index in [2.05, 4.69) is 4.90 Å². The van der Waals surface area contributed by atoms with Gasteiger partial charge in [0, 0.05) is 57.6 Å². The van der Waals surface area contributed by atoms with Crippen LogP contribution in [0.1, 0.15) is 42.2 Å². The number of hydrogen-bond donors (Lipinski definition) is 1. The predicted octanol–water partition coefficient (Wildman–Crippen LogP) is 1.13. The summed E-state index contributed by atoms with van der Waals surface area (Å²) in [6.07, 6.45) is 3.27. The molecule has 136 valence electrons. The Labute approximate surface area is 147 Å². The molecule has 7 heteroatoms. The number of aliphatic carboxylic acids is 1. The Morgan fingerprint density at radius 3 is 2.44 bits per heavy atom. The first-order valence-corrected chi connectivity index (χ1v) is 8.62. The third kappa shape index (κ3) is 2.97. The highest BCUT2D eigenvalue weighted by Gasteiger charge is 2.55. The minimum Gasteiger partial charge on any atom is -0.481 e. The number of carboxylic acid groups (broad SMARTS) is 1. The molecule has 2 saturated heterocycles. The number of piperidine rings is 1. The van der Waals surface area contributed by atoms with Gasteiger partial charge in [-0.3, -0.25) is 19.3 Å². The second kappa shape index (κ2) is 6.29. The number of Topliss-reactive ketones (excluding diaryl/α,β-unsaturated/α-hetero) is 1. The zero-order chi connectivity index (χ0) is 18.4. The van der Waals surface area contributed by atoms with E-state index in [-0.39, 0.29) is 18.1 Å². The SMILES string of the molecule is CC(=O)c1cc(CN2CCC3(CC2)C(C(=O)O)CC(=O)N3C)n(C)c1. The molecule has 1 aromatic rings. The normalized spacial score (nSPS) is 23.4. The maximum Gasteiger partial charge on any atom is 0.309 e. The molecule has 3 rings (SSSR count). The minimum atomic E-state index is -0.875. The molecule has 7 nitrogen and oxygen atoms in total. The second-order valence-electron chi connectivity index (χ2n) is 7.31. The van der Waals surface area contributed by atoms with Crippen molar-refractivity contribution in [1.82, 2.24) is 14.4 Å². The number of aryl methyl sites for hydroxylation is 1. The standard InChI is InChI=1S/C18H25N3O4/c1-12(22)13-8-14(19(2)10-13)11-21-6-4-18(5-7-21)15(17(24)25)9-16(23)20(18)3/h8,10,15H,4-7,9,11H2,1-3H3,(H,24,25). The van der Waals surface area contributed by atoms with Crippen LogP contribution in [0.25, 0.3) is 0 Å². The summed E-state index contributed by atoms with van der Waals surface area (Å²) in [6.45, 7) is 3.75. The monoisotopic (exact) mass is 347 g/mol. The number of ketones is 1. The molecule has 1 aromatic heterocycles. The van der Waals surface area contributed by atoms with E-state index in [0.29, 0.717) is 18.4 Å². The van der Waals surface area contributed by atoms with Gasteiger partial charge in [-0.2, -0.15) is 0 Å². The molecule has 0 aromatic carbocycles. The molecular formula is C18H25N3O4. The summed E-state index contributed by atoms with van der Waals surface area (Å²) in [5, 5.41) is 9.53. The fraction of sp³-hybridized carbons (Fsp3) is 0.611. The van der Waals surface area contributed by atoms with Crippen LogP contribution in [0.4, 0.5) is 0 Å². The first-order valence-electron chi connectivity index (χ1n) is 8.62. The predicted molar refractivity (Wildman–Crippen MR) is 91.2 cm³/mol. The first kappa shape index (κ1) is 17.7. The summed E-state index contributed by atoms with van der Waals surface area (Å²) in [5.41, 5.74) is 1.21. The number of rotatable bonds is 4. The van der Waals surface area contributed by atoms with Crippen molar-refractivity contribution in [3.63, 3.8) is 0 Å². The summed E-state index contributed by atoms with van der Waals surface area (Å²) < 4.78 is 1.96. The lowest BCUT2D eigenvalue weighted by atomic mass is 9.77. The molecule has 0 saturated carbocycles. The summed E-state index contributed by atoms with van der Waals surface area (Å²) >= 11 is 0. The molecule has 1 N–H and O–H groups in total. The maximum absolute atomic E-state index is 12.1. The third-order valence-corrected chi connectivity index (χ3v) is 5.99. The van der Waals surface area contributed by atoms with E-state index in [1.165, 1.54) is 0 Å². The fourth-order valence-electron chi connectivity index (χ4n) is 4.27. The van der Waals surface area contributed by atoms with Crippen LogP contribution in [-0.2, 0) is 23.2 Å². The van der Waals surface area contributed by atoms with E-state index in [1.807, 2.05) is 23.9 Å². The molecule has 0 bridgehead atoms. The van der Waals surface area contributed by atoms with Gasteiger partial charge in [-0.15, -0.1) is 0 Å². The summed E-state index contributed by atoms with van der Waals surface area (Å²) in [4.78, 5) is 39.1. The van der Waals surface area contributed by atoms with Crippen LogP contribution in [0.15, 0.2) is 12.3 Å². The highest BCUT2D eigenvalue weighted by Crippen LogP contribution is 2.43. The van der Waals surface area contributed by atoms with Gasteiger partial charge in [0.2, 0.25) is 5.91 Å². The zero-order valence-corrected chi connectivity index (χ0v) is 15.0. The Hall–Kier alpha value is -2.15. The largest absolute Gasteiger partial charge is 0.481 e. The highest BCUT2D eigenvalue weighted by molar-refractivity contribution is 5.94. The lowest BCUT2D eigenvalue weighted by Gasteiger charge is -2.45. The number of likely N-dealkylation sites (tertiary alicyclic amines) is 2. The van der Waals surface area contributed by atoms with Crippen molar-refractivity contribution in [1.29, 1.82) is 0 Å². The van der Waals surface area contributed by atoms with Crippen LogP contribution in [-0.4, -0.2) is 62.8 Å². The van der Waals surface area contributed by atoms with E-state index in [1.54, 1.807) is 18.9 Å². The van der Waals surface area contributed by atoms with Gasteiger partial charge in [0.1, 0.15) is 0 Å². The molecule has 0 radical (unpaired) electrons. The van der Waals surface area contributed by atoms with Crippen molar-refractivity contribution in [2.75, 3.05) is 20.1 Å². The number of carbonyl (C=O) groups is 3. The average Bonchev–Trinajstić information content (AvgIpc) is 3.04. The summed E-state index contributed by atoms with van der Waals surface area (Å²) in [7, 11) is 3.66. The molecule has 25 heavy (non-hydrogen) atoms. The van der Waals surface area contributed by atoms with Gasteiger partial charge in [-0.1, -0.05) is 0 Å². The number of carbonyl (C=O) groups excluding carboxylic acids is 2. The molecule has 1 amide bonds. The molecule has 0 aliphatic carbocycles. The van der Waals surface area contributed by atoms with E-state index in [0.717, 1.165) is 25.3 Å². The van der Waals surface area contributed by atoms with E-state index in [9.17, 15) is 19.5 Å². The van der Waals surface area contributed by atoms with Gasteiger partial charge in [-0.25, -0.2) is 0 Å². The van der Waals surface area contributed by atoms with Gasteiger partial charge in [0.25, 0.3) is 0 Å². The van der Waals surface area contributed by atoms with Gasteiger partial charge >= 0.3 is 5.97 Å². The Kier molecular flexibility index (Phi) is 4.45. The third-order valence-electron chi connectivity index (χ3n) is 5.99. The van der Waals surface area contributed by atoms with E-state index < -0.39 is 17.4 Å². The zero-order valence-electron chi connectivity index (χ0n) is 15.0. The van der Waals surface area contributed by atoms with Gasteiger partial charge in [0.05, 0.1) is 11.5 Å². The topological polar surface area (TPSA) is 82.8 Å².